The highest BCUT2D eigenvalue weighted by Crippen LogP contribution is 2.29. The summed E-state index contributed by atoms with van der Waals surface area (Å²) in [4.78, 5) is 31.4. The number of pyridine rings is 1. The van der Waals surface area contributed by atoms with Crippen LogP contribution in [-0.2, 0) is 11.2 Å². The van der Waals surface area contributed by atoms with Crippen LogP contribution < -0.4 is 10.9 Å². The summed E-state index contributed by atoms with van der Waals surface area (Å²) < 4.78 is 1.05. The number of thiazole rings is 1. The molecule has 0 atom stereocenters. The van der Waals surface area contributed by atoms with E-state index >= 15 is 0 Å². The third-order valence-electron chi connectivity index (χ3n) is 4.60. The number of H-pyrrole nitrogens is 1. The molecule has 0 saturated heterocycles. The minimum absolute atomic E-state index is 0.105. The van der Waals surface area contributed by atoms with Crippen molar-refractivity contribution >= 4 is 32.6 Å². The van der Waals surface area contributed by atoms with Gasteiger partial charge in [0.05, 0.1) is 10.2 Å². The van der Waals surface area contributed by atoms with Gasteiger partial charge in [-0.05, 0) is 62.4 Å². The average molecular weight is 380 g/mol. The monoisotopic (exact) mass is 380 g/mol. The van der Waals surface area contributed by atoms with Crippen LogP contribution in [0.4, 0.5) is 5.13 Å². The summed E-state index contributed by atoms with van der Waals surface area (Å²) in [6.07, 6.45) is 0.685. The molecule has 0 unspecified atom stereocenters. The van der Waals surface area contributed by atoms with Gasteiger partial charge in [-0.3, -0.25) is 9.59 Å². The first-order valence-corrected chi connectivity index (χ1v) is 9.42. The van der Waals surface area contributed by atoms with Gasteiger partial charge in [0.15, 0.2) is 5.13 Å². The van der Waals surface area contributed by atoms with Crippen molar-refractivity contribution in [3.8, 4) is 6.07 Å². The van der Waals surface area contributed by atoms with Gasteiger partial charge in [-0.15, -0.1) is 0 Å². The van der Waals surface area contributed by atoms with E-state index < -0.39 is 0 Å². The number of nitrogens with one attached hydrogen (secondary N) is 2. The van der Waals surface area contributed by atoms with Crippen LogP contribution in [0, 0.1) is 39.0 Å². The molecule has 0 bridgehead atoms. The van der Waals surface area contributed by atoms with Crippen LogP contribution in [0.1, 0.15) is 39.9 Å². The van der Waals surface area contributed by atoms with E-state index in [0.29, 0.717) is 22.8 Å². The molecule has 3 aromatic rings. The zero-order chi connectivity index (χ0) is 19.7. The molecule has 3 rings (SSSR count). The largest absolute Gasteiger partial charge is 0.325 e. The number of nitrogens with zero attached hydrogens (tertiary/aromatic N) is 2. The molecule has 2 N–H and O–H groups in total. The third kappa shape index (κ3) is 3.76. The molecule has 2 heterocycles. The Morgan fingerprint density at radius 3 is 2.74 bits per heavy atom. The van der Waals surface area contributed by atoms with Crippen molar-refractivity contribution in [2.75, 3.05) is 5.32 Å². The Labute approximate surface area is 160 Å². The molecule has 2 aromatic heterocycles. The van der Waals surface area contributed by atoms with Gasteiger partial charge in [0.2, 0.25) is 5.91 Å². The fraction of sp³-hybridized carbons (Fsp3) is 0.300. The van der Waals surface area contributed by atoms with Crippen molar-refractivity contribution in [1.29, 1.82) is 5.26 Å². The second kappa shape index (κ2) is 7.33. The maximum absolute atomic E-state index is 12.4. The number of hydrogen-bond acceptors (Lipinski definition) is 5. The molecule has 0 fully saturated rings. The molecule has 0 aliphatic carbocycles. The van der Waals surface area contributed by atoms with E-state index in [2.05, 4.69) is 27.4 Å². The number of nitriles is 1. The van der Waals surface area contributed by atoms with Gasteiger partial charge < -0.3 is 10.3 Å². The van der Waals surface area contributed by atoms with Gasteiger partial charge in [0.25, 0.3) is 5.56 Å². The first-order chi connectivity index (χ1) is 12.8. The number of aromatic nitrogens is 2. The van der Waals surface area contributed by atoms with Gasteiger partial charge in [-0.25, -0.2) is 4.98 Å². The van der Waals surface area contributed by atoms with Crippen molar-refractivity contribution in [1.82, 2.24) is 9.97 Å². The van der Waals surface area contributed by atoms with Crippen molar-refractivity contribution in [3.05, 3.63) is 56.0 Å². The fourth-order valence-electron chi connectivity index (χ4n) is 3.26. The predicted octanol–water partition coefficient (Wildman–Crippen LogP) is 3.66. The smallest absolute Gasteiger partial charge is 0.266 e. The number of rotatable bonds is 4. The van der Waals surface area contributed by atoms with Crippen LogP contribution in [0.25, 0.3) is 10.2 Å². The van der Waals surface area contributed by atoms with E-state index in [4.69, 9.17) is 5.26 Å². The third-order valence-corrected chi connectivity index (χ3v) is 5.52. The lowest BCUT2D eigenvalue weighted by Gasteiger charge is -2.10. The second-order valence-corrected chi connectivity index (χ2v) is 7.70. The van der Waals surface area contributed by atoms with E-state index in [-0.39, 0.29) is 23.5 Å². The Morgan fingerprint density at radius 1 is 1.30 bits per heavy atom. The van der Waals surface area contributed by atoms with Gasteiger partial charge >= 0.3 is 0 Å². The maximum atomic E-state index is 12.4. The Morgan fingerprint density at radius 2 is 2.04 bits per heavy atom. The van der Waals surface area contributed by atoms with Gasteiger partial charge in [0, 0.05) is 12.1 Å². The lowest BCUT2D eigenvalue weighted by molar-refractivity contribution is -0.116. The van der Waals surface area contributed by atoms with Crippen LogP contribution in [-0.4, -0.2) is 15.9 Å². The molecule has 0 aliphatic heterocycles. The molecule has 0 saturated carbocycles. The molecule has 138 valence electrons. The molecular formula is C20H20N4O2S. The zero-order valence-electron chi connectivity index (χ0n) is 15.7. The Balaban J connectivity index is 1.75. The summed E-state index contributed by atoms with van der Waals surface area (Å²) >= 11 is 1.46. The second-order valence-electron chi connectivity index (χ2n) is 6.67. The van der Waals surface area contributed by atoms with Crippen LogP contribution in [0.5, 0.6) is 0 Å². The number of fused-ring (bicyclic) bond motifs is 1. The summed E-state index contributed by atoms with van der Waals surface area (Å²) in [7, 11) is 0. The van der Waals surface area contributed by atoms with E-state index in [1.807, 2.05) is 19.9 Å². The summed E-state index contributed by atoms with van der Waals surface area (Å²) in [5.41, 5.74) is 5.04. The number of anilines is 1. The Kier molecular flexibility index (Phi) is 5.10. The molecule has 6 nitrogen and oxygen atoms in total. The fourth-order valence-corrected chi connectivity index (χ4v) is 4.32. The first-order valence-electron chi connectivity index (χ1n) is 8.60. The Hall–Kier alpha value is -2.98. The summed E-state index contributed by atoms with van der Waals surface area (Å²) in [5, 5.41) is 12.6. The highest BCUT2D eigenvalue weighted by Gasteiger charge is 2.14. The summed E-state index contributed by atoms with van der Waals surface area (Å²) in [6.45, 7) is 7.57. The summed E-state index contributed by atoms with van der Waals surface area (Å²) in [6, 6.07) is 6.06. The first kappa shape index (κ1) is 18.8. The van der Waals surface area contributed by atoms with Crippen LogP contribution in [0.2, 0.25) is 0 Å². The number of aromatic amines is 1. The minimum Gasteiger partial charge on any atom is -0.325 e. The van der Waals surface area contributed by atoms with Gasteiger partial charge in [-0.2, -0.15) is 5.26 Å². The molecule has 0 radical (unpaired) electrons. The Bertz CT molecular complexity index is 1150. The van der Waals surface area contributed by atoms with Crippen LogP contribution >= 0.6 is 11.3 Å². The topological polar surface area (TPSA) is 98.6 Å². The predicted molar refractivity (Wildman–Crippen MR) is 107 cm³/mol. The van der Waals surface area contributed by atoms with E-state index in [0.717, 1.165) is 21.3 Å². The van der Waals surface area contributed by atoms with E-state index in [9.17, 15) is 9.59 Å². The van der Waals surface area contributed by atoms with Crippen LogP contribution in [0.3, 0.4) is 0 Å². The number of hydrogen-bond donors (Lipinski definition) is 2. The van der Waals surface area contributed by atoms with E-state index in [1.165, 1.54) is 16.9 Å². The average Bonchev–Trinajstić information content (AvgIpc) is 2.97. The molecule has 0 spiro atoms. The molecule has 1 amide bonds. The molecule has 7 heteroatoms. The van der Waals surface area contributed by atoms with Gasteiger partial charge in [0.1, 0.15) is 11.6 Å². The number of benzene rings is 1. The normalized spacial score (nSPS) is 10.8. The zero-order valence-corrected chi connectivity index (χ0v) is 16.5. The standard InChI is InChI=1S/C20H20N4O2S/c1-10-7-11(2)18-16(8-10)27-20(24-18)23-17(25)6-5-14-12(3)15(9-21)19(26)22-13(14)4/h7-8H,5-6H2,1-4H3,(H,22,26)(H,23,24,25). The van der Waals surface area contributed by atoms with Crippen LogP contribution in [0.15, 0.2) is 16.9 Å². The van der Waals surface area contributed by atoms with E-state index in [1.54, 1.807) is 13.8 Å². The number of aryl methyl sites for hydroxylation is 3. The maximum Gasteiger partial charge on any atom is 0.266 e. The van der Waals surface area contributed by atoms with Crippen molar-refractivity contribution in [2.45, 2.75) is 40.5 Å². The quantitative estimate of drug-likeness (QED) is 0.721. The highest BCUT2D eigenvalue weighted by molar-refractivity contribution is 7.22. The SMILES string of the molecule is Cc1cc(C)c2nc(NC(=O)CCc3c(C)[nH]c(=O)c(C#N)c3C)sc2c1. The summed E-state index contributed by atoms with van der Waals surface area (Å²) in [5.74, 6) is -0.146. The molecule has 27 heavy (non-hydrogen) atoms. The number of carbonyl (C=O) groups excluding carboxylic acids is 1. The lowest BCUT2D eigenvalue weighted by Crippen LogP contribution is -2.18. The number of amides is 1. The van der Waals surface area contributed by atoms with Crippen molar-refractivity contribution in [2.24, 2.45) is 0 Å². The number of carbonyl (C=O) groups is 1. The highest BCUT2D eigenvalue weighted by atomic mass is 32.1. The molecule has 0 aliphatic rings. The minimum atomic E-state index is -0.388. The van der Waals surface area contributed by atoms with Crippen molar-refractivity contribution < 1.29 is 4.79 Å². The molecule has 1 aromatic carbocycles. The van der Waals surface area contributed by atoms with Gasteiger partial charge in [-0.1, -0.05) is 17.4 Å². The lowest BCUT2D eigenvalue weighted by atomic mass is 9.99. The van der Waals surface area contributed by atoms with Crippen molar-refractivity contribution in [3.63, 3.8) is 0 Å². The molecular weight excluding hydrogens is 360 g/mol.